The Morgan fingerprint density at radius 2 is 2.18 bits per heavy atom. The summed E-state index contributed by atoms with van der Waals surface area (Å²) in [6.45, 7) is 5.95. The van der Waals surface area contributed by atoms with Gasteiger partial charge in [-0.3, -0.25) is 0 Å². The number of hydrazone groups is 1. The van der Waals surface area contributed by atoms with Gasteiger partial charge in [-0.1, -0.05) is 19.8 Å². The van der Waals surface area contributed by atoms with E-state index in [1.165, 1.54) is 0 Å². The first kappa shape index (κ1) is 9.77. The van der Waals surface area contributed by atoms with Gasteiger partial charge in [0.05, 0.1) is 6.21 Å². The first-order valence-corrected chi connectivity index (χ1v) is 3.58. The Kier molecular flexibility index (Phi) is 4.93. The molecule has 0 heterocycles. The summed E-state index contributed by atoms with van der Waals surface area (Å²) in [6.07, 6.45) is 3.47. The van der Waals surface area contributed by atoms with Crippen LogP contribution in [0, 0.1) is 17.8 Å². The molecule has 0 aromatic carbocycles. The molecular formula is C9H14N2. The predicted molar refractivity (Wildman–Crippen MR) is 49.1 cm³/mol. The predicted octanol–water partition coefficient (Wildman–Crippen LogP) is 1.54. The highest BCUT2D eigenvalue weighted by Gasteiger charge is 1.97. The van der Waals surface area contributed by atoms with Crippen LogP contribution in [0.15, 0.2) is 16.8 Å². The summed E-state index contributed by atoms with van der Waals surface area (Å²) in [5.41, 5.74) is 1.06. The second kappa shape index (κ2) is 5.55. The summed E-state index contributed by atoms with van der Waals surface area (Å²) >= 11 is 0. The van der Waals surface area contributed by atoms with Gasteiger partial charge in [0.1, 0.15) is 0 Å². The zero-order valence-electron chi connectivity index (χ0n) is 7.26. The molecule has 0 saturated carbocycles. The lowest BCUT2D eigenvalue weighted by Crippen LogP contribution is -1.96. The van der Waals surface area contributed by atoms with Crippen molar-refractivity contribution >= 4 is 6.21 Å². The average Bonchev–Trinajstić information content (AvgIpc) is 1.97. The zero-order valence-corrected chi connectivity index (χ0v) is 7.26. The smallest absolute Gasteiger partial charge is 0.0506 e. The molecule has 0 spiro atoms. The first-order valence-electron chi connectivity index (χ1n) is 3.58. The van der Waals surface area contributed by atoms with Crippen LogP contribution in [0.3, 0.4) is 0 Å². The standard InChI is InChI=1S/C9H14N2/c1-4-5-6-9(7-11-10)8(2)3/h6-8H,10H2,1-3H3/b9-6+,11-7-. The first-order chi connectivity index (χ1) is 5.22. The number of hydrogen-bond acceptors (Lipinski definition) is 2. The summed E-state index contributed by atoms with van der Waals surface area (Å²) in [4.78, 5) is 0. The molecule has 0 amide bonds. The molecule has 2 heteroatoms. The van der Waals surface area contributed by atoms with E-state index in [4.69, 9.17) is 5.84 Å². The maximum absolute atomic E-state index is 5.02. The molecule has 2 nitrogen and oxygen atoms in total. The SMILES string of the molecule is CC#C/C=C(\C=N/N)C(C)C. The number of nitrogens with two attached hydrogens (primary N) is 1. The molecule has 11 heavy (non-hydrogen) atoms. The van der Waals surface area contributed by atoms with Crippen molar-refractivity contribution in [1.29, 1.82) is 0 Å². The third-order valence-corrected chi connectivity index (χ3v) is 1.27. The second-order valence-electron chi connectivity index (χ2n) is 2.47. The van der Waals surface area contributed by atoms with Crippen molar-refractivity contribution in [2.24, 2.45) is 16.9 Å². The highest BCUT2D eigenvalue weighted by Crippen LogP contribution is 2.05. The quantitative estimate of drug-likeness (QED) is 0.276. The largest absolute Gasteiger partial charge is 0.323 e. The fraction of sp³-hybridized carbons (Fsp3) is 0.444. The number of allylic oxidation sites excluding steroid dienone is 2. The van der Waals surface area contributed by atoms with Gasteiger partial charge >= 0.3 is 0 Å². The minimum atomic E-state index is 0.420. The molecule has 0 aromatic heterocycles. The van der Waals surface area contributed by atoms with Crippen LogP contribution in [0.25, 0.3) is 0 Å². The third-order valence-electron chi connectivity index (χ3n) is 1.27. The van der Waals surface area contributed by atoms with Crippen molar-refractivity contribution in [3.63, 3.8) is 0 Å². The Balaban J connectivity index is 4.41. The second-order valence-corrected chi connectivity index (χ2v) is 2.47. The molecule has 0 rings (SSSR count). The number of rotatable bonds is 2. The van der Waals surface area contributed by atoms with Gasteiger partial charge in [-0.2, -0.15) is 5.10 Å². The molecule has 0 saturated heterocycles. The summed E-state index contributed by atoms with van der Waals surface area (Å²) in [7, 11) is 0. The van der Waals surface area contributed by atoms with Crippen molar-refractivity contribution in [3.8, 4) is 11.8 Å². The van der Waals surface area contributed by atoms with Gasteiger partial charge in [0.2, 0.25) is 0 Å². The van der Waals surface area contributed by atoms with Crippen molar-refractivity contribution in [3.05, 3.63) is 11.6 Å². The highest BCUT2D eigenvalue weighted by atomic mass is 15.1. The number of hydrogen-bond donors (Lipinski definition) is 1. The van der Waals surface area contributed by atoms with Crippen LogP contribution in [-0.2, 0) is 0 Å². The lowest BCUT2D eigenvalue weighted by atomic mass is 10.0. The normalized spacial score (nSPS) is 11.8. The maximum atomic E-state index is 5.02. The van der Waals surface area contributed by atoms with Crippen LogP contribution in [0.5, 0.6) is 0 Å². The fourth-order valence-electron chi connectivity index (χ4n) is 0.595. The van der Waals surface area contributed by atoms with E-state index in [0.29, 0.717) is 5.92 Å². The lowest BCUT2D eigenvalue weighted by molar-refractivity contribution is 0.806. The molecule has 0 radical (unpaired) electrons. The average molecular weight is 150 g/mol. The Hall–Kier alpha value is -1.23. The zero-order chi connectivity index (χ0) is 8.69. The van der Waals surface area contributed by atoms with E-state index >= 15 is 0 Å². The van der Waals surface area contributed by atoms with E-state index in [9.17, 15) is 0 Å². The summed E-state index contributed by atoms with van der Waals surface area (Å²) in [5.74, 6) is 11.1. The molecule has 0 aliphatic carbocycles. The molecule has 0 fully saturated rings. The Morgan fingerprint density at radius 1 is 1.55 bits per heavy atom. The summed E-state index contributed by atoms with van der Waals surface area (Å²) < 4.78 is 0. The van der Waals surface area contributed by atoms with Gasteiger partial charge < -0.3 is 5.84 Å². The van der Waals surface area contributed by atoms with Gasteiger partial charge in [0.15, 0.2) is 0 Å². The van der Waals surface area contributed by atoms with Gasteiger partial charge in [0.25, 0.3) is 0 Å². The molecule has 0 aromatic rings. The summed E-state index contributed by atoms with van der Waals surface area (Å²) in [6, 6.07) is 0. The minimum Gasteiger partial charge on any atom is -0.323 e. The Morgan fingerprint density at radius 3 is 2.55 bits per heavy atom. The Labute approximate surface area is 68.2 Å². The van der Waals surface area contributed by atoms with E-state index in [0.717, 1.165) is 5.57 Å². The maximum Gasteiger partial charge on any atom is 0.0506 e. The lowest BCUT2D eigenvalue weighted by Gasteiger charge is -2.01. The molecule has 0 atom stereocenters. The van der Waals surface area contributed by atoms with E-state index in [1.807, 2.05) is 6.08 Å². The highest BCUT2D eigenvalue weighted by molar-refractivity contribution is 5.79. The van der Waals surface area contributed by atoms with Gasteiger partial charge in [-0.15, -0.1) is 5.92 Å². The van der Waals surface area contributed by atoms with Crippen LogP contribution >= 0.6 is 0 Å². The van der Waals surface area contributed by atoms with Crippen molar-refractivity contribution in [1.82, 2.24) is 0 Å². The monoisotopic (exact) mass is 150 g/mol. The van der Waals surface area contributed by atoms with Gasteiger partial charge in [0, 0.05) is 0 Å². The molecular weight excluding hydrogens is 136 g/mol. The number of nitrogens with zero attached hydrogens (tertiary/aromatic N) is 1. The molecule has 0 bridgehead atoms. The van der Waals surface area contributed by atoms with Crippen LogP contribution in [0.4, 0.5) is 0 Å². The van der Waals surface area contributed by atoms with E-state index < -0.39 is 0 Å². The van der Waals surface area contributed by atoms with Gasteiger partial charge in [-0.25, -0.2) is 0 Å². The third kappa shape index (κ3) is 4.21. The summed E-state index contributed by atoms with van der Waals surface area (Å²) in [5, 5.41) is 3.45. The fourth-order valence-corrected chi connectivity index (χ4v) is 0.595. The molecule has 2 N–H and O–H groups in total. The van der Waals surface area contributed by atoms with Crippen LogP contribution < -0.4 is 5.84 Å². The van der Waals surface area contributed by atoms with E-state index in [-0.39, 0.29) is 0 Å². The van der Waals surface area contributed by atoms with E-state index in [2.05, 4.69) is 30.8 Å². The van der Waals surface area contributed by atoms with Gasteiger partial charge in [-0.05, 0) is 24.5 Å². The van der Waals surface area contributed by atoms with Crippen molar-refractivity contribution in [2.45, 2.75) is 20.8 Å². The molecule has 0 aliphatic heterocycles. The van der Waals surface area contributed by atoms with E-state index in [1.54, 1.807) is 13.1 Å². The van der Waals surface area contributed by atoms with Crippen LogP contribution in [0.2, 0.25) is 0 Å². The van der Waals surface area contributed by atoms with Crippen molar-refractivity contribution in [2.75, 3.05) is 0 Å². The molecule has 0 unspecified atom stereocenters. The molecule has 0 aliphatic rings. The van der Waals surface area contributed by atoms with Crippen LogP contribution in [-0.4, -0.2) is 6.21 Å². The topological polar surface area (TPSA) is 38.4 Å². The molecule has 60 valence electrons. The Bertz CT molecular complexity index is 213. The minimum absolute atomic E-state index is 0.420. The van der Waals surface area contributed by atoms with Crippen molar-refractivity contribution < 1.29 is 0 Å². The van der Waals surface area contributed by atoms with Crippen LogP contribution in [0.1, 0.15) is 20.8 Å².